The van der Waals surface area contributed by atoms with Crippen LogP contribution < -0.4 is 15.2 Å². The van der Waals surface area contributed by atoms with Gasteiger partial charge in [0.25, 0.3) is 0 Å². The second-order valence-electron chi connectivity index (χ2n) is 10.3. The van der Waals surface area contributed by atoms with Crippen molar-refractivity contribution in [3.8, 4) is 17.9 Å². The lowest BCUT2D eigenvalue weighted by Crippen LogP contribution is -2.18. The molecule has 42 heavy (non-hydrogen) atoms. The predicted molar refractivity (Wildman–Crippen MR) is 151 cm³/mol. The fourth-order valence-electron chi connectivity index (χ4n) is 6.12. The van der Waals surface area contributed by atoms with E-state index in [0.717, 1.165) is 65.1 Å². The van der Waals surface area contributed by atoms with Gasteiger partial charge in [-0.05, 0) is 108 Å². The molecule has 0 amide bonds. The number of aryl methyl sites for hydroxylation is 1. The summed E-state index contributed by atoms with van der Waals surface area (Å²) < 4.78 is 44.0. The van der Waals surface area contributed by atoms with Crippen molar-refractivity contribution in [1.29, 1.82) is 10.5 Å². The number of ether oxygens (including phenoxy) is 1. The Morgan fingerprint density at radius 2 is 1.00 bits per heavy atom. The molecule has 0 spiro atoms. The van der Waals surface area contributed by atoms with Crippen LogP contribution in [-0.2, 0) is 0 Å². The van der Waals surface area contributed by atoms with Crippen LogP contribution in [0.1, 0.15) is 38.9 Å². The first-order chi connectivity index (χ1) is 20.3. The highest BCUT2D eigenvalue weighted by Gasteiger charge is 2.32. The molecule has 0 fully saturated rings. The lowest BCUT2D eigenvalue weighted by atomic mass is 9.87. The van der Waals surface area contributed by atoms with Crippen molar-refractivity contribution in [2.45, 2.75) is 13.3 Å². The minimum atomic E-state index is -4.83. The zero-order valence-corrected chi connectivity index (χ0v) is 22.2. The van der Waals surface area contributed by atoms with Gasteiger partial charge in [0.05, 0.1) is 23.3 Å². The van der Waals surface area contributed by atoms with E-state index in [1.807, 2.05) is 37.3 Å². The Kier molecular flexibility index (Phi) is 5.58. The van der Waals surface area contributed by atoms with E-state index in [4.69, 9.17) is 0 Å². The number of nitriles is 2. The van der Waals surface area contributed by atoms with Crippen molar-refractivity contribution in [3.63, 3.8) is 0 Å². The van der Waals surface area contributed by atoms with Gasteiger partial charge < -0.3 is 4.74 Å². The van der Waals surface area contributed by atoms with Gasteiger partial charge in [0, 0.05) is 0 Å². The Balaban J connectivity index is 1.63. The monoisotopic (exact) mass is 552 g/mol. The quantitative estimate of drug-likeness (QED) is 0.257. The van der Waals surface area contributed by atoms with Crippen LogP contribution in [0.3, 0.4) is 0 Å². The summed E-state index contributed by atoms with van der Waals surface area (Å²) in [5, 5.41) is 24.3. The van der Waals surface area contributed by atoms with Crippen LogP contribution in [0.15, 0.2) is 97.1 Å². The van der Waals surface area contributed by atoms with Gasteiger partial charge in [0.2, 0.25) is 0 Å². The zero-order valence-electron chi connectivity index (χ0n) is 22.2. The maximum absolute atomic E-state index is 13.2. The zero-order chi connectivity index (χ0) is 29.2. The van der Waals surface area contributed by atoms with Crippen molar-refractivity contribution in [1.82, 2.24) is 0 Å². The van der Waals surface area contributed by atoms with Crippen molar-refractivity contribution in [2.75, 3.05) is 0 Å². The molecule has 0 bridgehead atoms. The molecule has 0 aliphatic heterocycles. The molecule has 0 aromatic heterocycles. The Hall–Kier alpha value is -5.59. The van der Waals surface area contributed by atoms with E-state index in [9.17, 15) is 23.7 Å². The van der Waals surface area contributed by atoms with Crippen LogP contribution in [0.4, 0.5) is 13.2 Å². The molecule has 0 N–H and O–H groups in total. The summed E-state index contributed by atoms with van der Waals surface area (Å²) in [6.45, 7) is 2.04. The first-order valence-electron chi connectivity index (χ1n) is 13.2. The third-order valence-corrected chi connectivity index (χ3v) is 7.83. The first-order valence-corrected chi connectivity index (χ1v) is 13.2. The van der Waals surface area contributed by atoms with Crippen molar-refractivity contribution < 1.29 is 17.9 Å². The molecule has 5 aromatic rings. The average Bonchev–Trinajstić information content (AvgIpc) is 3.48. The standard InChI is InChI=1S/C36H19F3N2O/c1-20-2-12-26-28-14-15-29-27-13-11-25(42-36(37,38)39)17-31(27)33(24-9-5-22(19-41)6-10-24)35(29)34(28)32(30(26)16-20)23-7-3-21(18-40)4-8-23/h2-17H,1H3. The van der Waals surface area contributed by atoms with Crippen molar-refractivity contribution in [2.24, 2.45) is 0 Å². The molecule has 7 rings (SSSR count). The fourth-order valence-corrected chi connectivity index (χ4v) is 6.12. The second-order valence-corrected chi connectivity index (χ2v) is 10.3. The van der Waals surface area contributed by atoms with Gasteiger partial charge in [-0.15, -0.1) is 13.2 Å². The number of hydrogen-bond donors (Lipinski definition) is 0. The van der Waals surface area contributed by atoms with Crippen LogP contribution in [-0.4, -0.2) is 6.36 Å². The molecule has 0 atom stereocenters. The minimum Gasteiger partial charge on any atom is -0.406 e. The normalized spacial score (nSPS) is 12.6. The van der Waals surface area contributed by atoms with Gasteiger partial charge in [-0.2, -0.15) is 10.5 Å². The molecule has 200 valence electrons. The van der Waals surface area contributed by atoms with Crippen LogP contribution in [0.5, 0.6) is 5.75 Å². The smallest absolute Gasteiger partial charge is 0.406 e. The maximum Gasteiger partial charge on any atom is 0.573 e. The summed E-state index contributed by atoms with van der Waals surface area (Å²) in [5.41, 5.74) is 7.49. The molecule has 3 nitrogen and oxygen atoms in total. The third kappa shape index (κ3) is 3.97. The average molecular weight is 553 g/mol. The van der Waals surface area contributed by atoms with Crippen LogP contribution >= 0.6 is 0 Å². The van der Waals surface area contributed by atoms with E-state index in [1.54, 1.807) is 30.3 Å². The van der Waals surface area contributed by atoms with E-state index in [2.05, 4.69) is 41.1 Å². The summed E-state index contributed by atoms with van der Waals surface area (Å²) in [5.74, 6) is -0.299. The van der Waals surface area contributed by atoms with E-state index in [0.29, 0.717) is 16.3 Å². The summed E-state index contributed by atoms with van der Waals surface area (Å²) in [6.07, 6.45) is -4.83. The highest BCUT2D eigenvalue weighted by atomic mass is 19.4. The molecule has 5 aromatic carbocycles. The summed E-state index contributed by atoms with van der Waals surface area (Å²) in [7, 11) is 0. The molecule has 0 radical (unpaired) electrons. The third-order valence-electron chi connectivity index (χ3n) is 7.83. The van der Waals surface area contributed by atoms with E-state index >= 15 is 0 Å². The molecule has 0 saturated carbocycles. The van der Waals surface area contributed by atoms with Crippen LogP contribution in [0.2, 0.25) is 0 Å². The van der Waals surface area contributed by atoms with Gasteiger partial charge in [-0.25, -0.2) is 0 Å². The van der Waals surface area contributed by atoms with E-state index < -0.39 is 6.36 Å². The van der Waals surface area contributed by atoms with Gasteiger partial charge >= 0.3 is 6.36 Å². The topological polar surface area (TPSA) is 56.8 Å². The Labute approximate surface area is 237 Å². The molecule has 0 unspecified atom stereocenters. The summed E-state index contributed by atoms with van der Waals surface area (Å²) in [4.78, 5) is 0. The Morgan fingerprint density at radius 1 is 0.548 bits per heavy atom. The van der Waals surface area contributed by atoms with Crippen molar-refractivity contribution >= 4 is 11.1 Å². The highest BCUT2D eigenvalue weighted by molar-refractivity contribution is 5.94. The van der Waals surface area contributed by atoms with Crippen molar-refractivity contribution in [3.05, 3.63) is 167 Å². The van der Waals surface area contributed by atoms with Gasteiger partial charge in [0.1, 0.15) is 5.75 Å². The maximum atomic E-state index is 13.2. The second kappa shape index (κ2) is 9.23. The van der Waals surface area contributed by atoms with Gasteiger partial charge in [-0.1, -0.05) is 66.2 Å². The Morgan fingerprint density at radius 3 is 1.48 bits per heavy atom. The molecular formula is C36H19F3N2O. The first kappa shape index (κ1) is 25.4. The van der Waals surface area contributed by atoms with Gasteiger partial charge in [0.15, 0.2) is 0 Å². The predicted octanol–water partition coefficient (Wildman–Crippen LogP) is 6.33. The largest absolute Gasteiger partial charge is 0.573 e. The number of hydrogen-bond acceptors (Lipinski definition) is 3. The molecule has 6 heteroatoms. The van der Waals surface area contributed by atoms with Crippen LogP contribution in [0, 0.1) is 50.5 Å². The summed E-state index contributed by atoms with van der Waals surface area (Å²) >= 11 is 0. The number of fused-ring (bicyclic) bond motifs is 5. The Bertz CT molecular complexity index is 2380. The number of nitrogens with zero attached hydrogens (tertiary/aromatic N) is 2. The number of rotatable bonds is 3. The lowest BCUT2D eigenvalue weighted by Gasteiger charge is -2.15. The molecule has 2 aliphatic carbocycles. The highest BCUT2D eigenvalue weighted by Crippen LogP contribution is 2.37. The molecule has 2 aliphatic rings. The summed E-state index contributed by atoms with van der Waals surface area (Å²) in [6, 6.07) is 33.7. The van der Waals surface area contributed by atoms with E-state index in [1.165, 1.54) is 12.1 Å². The number of benzene rings is 5. The van der Waals surface area contributed by atoms with Crippen LogP contribution in [0.25, 0.3) is 11.1 Å². The molecule has 0 heterocycles. The number of alkyl halides is 3. The molecule has 0 saturated heterocycles. The molecular weight excluding hydrogens is 533 g/mol. The fraction of sp³-hybridized carbons (Fsp3) is 0.0556. The number of halogens is 3. The van der Waals surface area contributed by atoms with E-state index in [-0.39, 0.29) is 5.75 Å². The SMILES string of the molecule is Cc1ccc2c(c1)=C(c1ccc(C#N)cc1)c1c3c(ccc1=2)=c1ccc(OC(F)(F)F)cc1=C3c1ccc(C#N)cc1. The lowest BCUT2D eigenvalue weighted by molar-refractivity contribution is -0.274. The minimum absolute atomic E-state index is 0.299. The van der Waals surface area contributed by atoms with Gasteiger partial charge in [-0.3, -0.25) is 0 Å².